The number of hydrogen-bond acceptors (Lipinski definition) is 5. The molecule has 0 saturated carbocycles. The Bertz CT molecular complexity index is 1060. The summed E-state index contributed by atoms with van der Waals surface area (Å²) in [5.41, 5.74) is 0.736. The maximum absolute atomic E-state index is 13.3. The summed E-state index contributed by atoms with van der Waals surface area (Å²) in [6.45, 7) is 1.54. The molecule has 146 valence electrons. The Hall–Kier alpha value is -2.12. The zero-order chi connectivity index (χ0) is 19.6. The number of anilines is 1. The van der Waals surface area contributed by atoms with Gasteiger partial charge >= 0.3 is 0 Å². The van der Waals surface area contributed by atoms with Crippen LogP contribution in [0.5, 0.6) is 0 Å². The van der Waals surface area contributed by atoms with Crippen LogP contribution < -0.4 is 4.90 Å². The first kappa shape index (κ1) is 19.2. The fraction of sp³-hybridized carbons (Fsp3) is 0.286. The number of benzene rings is 2. The maximum atomic E-state index is 13.3. The smallest absolute Gasteiger partial charge is 0.236 e. The second-order valence-electron chi connectivity index (χ2n) is 6.86. The molecule has 1 saturated heterocycles. The van der Waals surface area contributed by atoms with Crippen LogP contribution >= 0.6 is 15.9 Å². The van der Waals surface area contributed by atoms with Gasteiger partial charge in [-0.25, -0.2) is 8.42 Å². The van der Waals surface area contributed by atoms with Crippen molar-refractivity contribution in [1.82, 2.24) is 4.98 Å². The van der Waals surface area contributed by atoms with Gasteiger partial charge in [0.15, 0.2) is 0 Å². The molecule has 1 aliphatic heterocycles. The van der Waals surface area contributed by atoms with E-state index in [1.54, 1.807) is 30.3 Å². The van der Waals surface area contributed by atoms with Crippen molar-refractivity contribution in [2.75, 3.05) is 18.0 Å². The number of oxazole rings is 1. The van der Waals surface area contributed by atoms with E-state index in [2.05, 4.69) is 20.9 Å². The summed E-state index contributed by atoms with van der Waals surface area (Å²) < 4.78 is 33.6. The highest BCUT2D eigenvalue weighted by Gasteiger charge is 2.31. The molecule has 1 aliphatic rings. The van der Waals surface area contributed by atoms with Crippen LogP contribution in [-0.2, 0) is 9.84 Å². The van der Waals surface area contributed by atoms with E-state index in [-0.39, 0.29) is 9.92 Å². The fourth-order valence-electron chi connectivity index (χ4n) is 3.40. The van der Waals surface area contributed by atoms with Gasteiger partial charge in [-0.15, -0.1) is 0 Å². The molecule has 0 amide bonds. The Labute approximate surface area is 173 Å². The van der Waals surface area contributed by atoms with Crippen LogP contribution in [0.15, 0.2) is 73.4 Å². The van der Waals surface area contributed by atoms with E-state index in [0.717, 1.165) is 48.8 Å². The van der Waals surface area contributed by atoms with Crippen LogP contribution in [0.3, 0.4) is 0 Å². The lowest BCUT2D eigenvalue weighted by molar-refractivity contribution is 0.543. The van der Waals surface area contributed by atoms with Crippen molar-refractivity contribution in [1.29, 1.82) is 0 Å². The van der Waals surface area contributed by atoms with Crippen LogP contribution in [0, 0.1) is 0 Å². The third kappa shape index (κ3) is 3.86. The highest BCUT2D eigenvalue weighted by Crippen LogP contribution is 2.36. The summed E-state index contributed by atoms with van der Waals surface area (Å²) >= 11 is 3.45. The normalized spacial score (nSPS) is 15.4. The van der Waals surface area contributed by atoms with E-state index in [4.69, 9.17) is 4.42 Å². The molecule has 0 bridgehead atoms. The molecular weight excluding hydrogens is 440 g/mol. The summed E-state index contributed by atoms with van der Waals surface area (Å²) in [7, 11) is -3.79. The van der Waals surface area contributed by atoms with E-state index in [1.807, 2.05) is 29.2 Å². The van der Waals surface area contributed by atoms with E-state index < -0.39 is 9.84 Å². The minimum Gasteiger partial charge on any atom is -0.419 e. The van der Waals surface area contributed by atoms with Crippen molar-refractivity contribution >= 4 is 31.7 Å². The van der Waals surface area contributed by atoms with Crippen molar-refractivity contribution in [2.24, 2.45) is 0 Å². The van der Waals surface area contributed by atoms with Gasteiger partial charge in [-0.05, 0) is 43.2 Å². The molecule has 0 aliphatic carbocycles. The Morgan fingerprint density at radius 3 is 2.32 bits per heavy atom. The first-order valence-corrected chi connectivity index (χ1v) is 11.7. The minimum absolute atomic E-state index is 0.00410. The number of sulfone groups is 1. The zero-order valence-corrected chi connectivity index (χ0v) is 17.7. The van der Waals surface area contributed by atoms with Crippen LogP contribution in [0.4, 0.5) is 5.88 Å². The van der Waals surface area contributed by atoms with Gasteiger partial charge in [-0.2, -0.15) is 4.98 Å². The molecule has 0 N–H and O–H groups in total. The summed E-state index contributed by atoms with van der Waals surface area (Å²) in [6.07, 6.45) is 4.31. The molecule has 0 radical (unpaired) electrons. The quantitative estimate of drug-likeness (QED) is 0.527. The van der Waals surface area contributed by atoms with Gasteiger partial charge in [0, 0.05) is 23.1 Å². The van der Waals surface area contributed by atoms with Gasteiger partial charge in [0.1, 0.15) is 0 Å². The standard InChI is InChI=1S/C21H21BrN2O3S/c22-17-10-8-9-16(15-17)19-23-20(28(25,26)18-11-4-3-5-12-18)21(27-19)24-13-6-1-2-7-14-24/h3-5,8-12,15H,1-2,6-7,13-14H2. The summed E-state index contributed by atoms with van der Waals surface area (Å²) in [6, 6.07) is 15.9. The molecule has 0 atom stereocenters. The van der Waals surface area contributed by atoms with Crippen LogP contribution in [0.2, 0.25) is 0 Å². The number of hydrogen-bond donors (Lipinski definition) is 0. The molecule has 5 nitrogen and oxygen atoms in total. The molecule has 28 heavy (non-hydrogen) atoms. The van der Waals surface area contributed by atoms with E-state index in [1.165, 1.54) is 0 Å². The van der Waals surface area contributed by atoms with Gasteiger partial charge in [0.25, 0.3) is 0 Å². The number of aromatic nitrogens is 1. The number of rotatable bonds is 4. The lowest BCUT2D eigenvalue weighted by atomic mass is 10.2. The monoisotopic (exact) mass is 460 g/mol. The molecule has 0 unspecified atom stereocenters. The van der Waals surface area contributed by atoms with Crippen LogP contribution in [-0.4, -0.2) is 26.5 Å². The molecule has 2 heterocycles. The third-order valence-corrected chi connectivity index (χ3v) is 7.01. The molecule has 1 aromatic heterocycles. The Morgan fingerprint density at radius 2 is 1.64 bits per heavy atom. The lowest BCUT2D eigenvalue weighted by Gasteiger charge is -2.20. The van der Waals surface area contributed by atoms with Crippen molar-refractivity contribution in [2.45, 2.75) is 35.6 Å². The first-order valence-electron chi connectivity index (χ1n) is 9.37. The molecule has 4 rings (SSSR count). The highest BCUT2D eigenvalue weighted by atomic mass is 79.9. The van der Waals surface area contributed by atoms with Crippen molar-refractivity contribution in [3.8, 4) is 11.5 Å². The predicted molar refractivity (Wildman–Crippen MR) is 112 cm³/mol. The second kappa shape index (κ2) is 8.09. The van der Waals surface area contributed by atoms with Crippen LogP contribution in [0.1, 0.15) is 25.7 Å². The third-order valence-electron chi connectivity index (χ3n) is 4.85. The molecule has 3 aromatic rings. The zero-order valence-electron chi connectivity index (χ0n) is 15.3. The van der Waals surface area contributed by atoms with Gasteiger partial charge < -0.3 is 9.32 Å². The van der Waals surface area contributed by atoms with E-state index in [9.17, 15) is 8.42 Å². The maximum Gasteiger partial charge on any atom is 0.236 e. The van der Waals surface area contributed by atoms with Crippen molar-refractivity contribution in [3.63, 3.8) is 0 Å². The summed E-state index contributed by atoms with van der Waals surface area (Å²) in [5.74, 6) is 0.663. The van der Waals surface area contributed by atoms with Crippen LogP contribution in [0.25, 0.3) is 11.5 Å². The average molecular weight is 461 g/mol. The minimum atomic E-state index is -3.79. The molecule has 0 spiro atoms. The van der Waals surface area contributed by atoms with Crippen molar-refractivity contribution < 1.29 is 12.8 Å². The average Bonchev–Trinajstić information content (AvgIpc) is 2.99. The van der Waals surface area contributed by atoms with Gasteiger partial charge in [-0.3, -0.25) is 0 Å². The molecular formula is C21H21BrN2O3S. The number of nitrogens with zero attached hydrogens (tertiary/aromatic N) is 2. The number of halogens is 1. The Balaban J connectivity index is 1.85. The van der Waals surface area contributed by atoms with E-state index >= 15 is 0 Å². The summed E-state index contributed by atoms with van der Waals surface area (Å²) in [5, 5.41) is -0.00410. The van der Waals surface area contributed by atoms with E-state index in [0.29, 0.717) is 11.8 Å². The largest absolute Gasteiger partial charge is 0.419 e. The Kier molecular flexibility index (Phi) is 5.55. The topological polar surface area (TPSA) is 63.4 Å². The SMILES string of the molecule is O=S(=O)(c1ccccc1)c1nc(-c2cccc(Br)c2)oc1N1CCCCCC1. The molecule has 7 heteroatoms. The summed E-state index contributed by atoms with van der Waals surface area (Å²) in [4.78, 5) is 6.71. The highest BCUT2D eigenvalue weighted by molar-refractivity contribution is 9.10. The molecule has 2 aromatic carbocycles. The van der Waals surface area contributed by atoms with Crippen molar-refractivity contribution in [3.05, 3.63) is 59.1 Å². The lowest BCUT2D eigenvalue weighted by Crippen LogP contribution is -2.25. The fourth-order valence-corrected chi connectivity index (χ4v) is 5.14. The van der Waals surface area contributed by atoms with Gasteiger partial charge in [0.05, 0.1) is 4.90 Å². The van der Waals surface area contributed by atoms with Gasteiger partial charge in [-0.1, -0.05) is 53.0 Å². The Morgan fingerprint density at radius 1 is 0.929 bits per heavy atom. The first-order chi connectivity index (χ1) is 13.6. The second-order valence-corrected chi connectivity index (χ2v) is 9.64. The predicted octanol–water partition coefficient (Wildman–Crippen LogP) is 5.32. The van der Waals surface area contributed by atoms with Gasteiger partial charge in [0.2, 0.25) is 26.6 Å². The molecule has 1 fully saturated rings.